The van der Waals surface area contributed by atoms with Crippen molar-refractivity contribution in [1.82, 2.24) is 4.98 Å². The average molecular weight is 288 g/mol. The van der Waals surface area contributed by atoms with Crippen molar-refractivity contribution in [2.45, 2.75) is 19.8 Å². The summed E-state index contributed by atoms with van der Waals surface area (Å²) in [5.41, 5.74) is 0.250. The molecule has 0 aliphatic heterocycles. The molecule has 0 aliphatic carbocycles. The molecule has 0 amide bonds. The van der Waals surface area contributed by atoms with E-state index in [9.17, 15) is 13.2 Å². The molecular weight excluding hydrogens is 272 g/mol. The van der Waals surface area contributed by atoms with Gasteiger partial charge in [-0.25, -0.2) is 13.4 Å². The van der Waals surface area contributed by atoms with Crippen LogP contribution in [0, 0.1) is 0 Å². The molecule has 0 aliphatic rings. The molecule has 8 heteroatoms. The first-order valence-corrected chi connectivity index (χ1v) is 7.40. The summed E-state index contributed by atoms with van der Waals surface area (Å²) >= 11 is 0. The number of rotatable bonds is 8. The van der Waals surface area contributed by atoms with Gasteiger partial charge in [0.05, 0.1) is 12.4 Å². The lowest BCUT2D eigenvalue weighted by molar-refractivity contribution is -0.137. The van der Waals surface area contributed by atoms with Crippen LogP contribution >= 0.6 is 0 Å². The fourth-order valence-electron chi connectivity index (χ4n) is 1.35. The minimum Gasteiger partial charge on any atom is -0.481 e. The summed E-state index contributed by atoms with van der Waals surface area (Å²) in [5, 5.41) is 8.47. The van der Waals surface area contributed by atoms with Crippen LogP contribution in [0.4, 0.5) is 5.69 Å². The Morgan fingerprint density at radius 2 is 2.26 bits per heavy atom. The average Bonchev–Trinajstić information content (AvgIpc) is 2.31. The van der Waals surface area contributed by atoms with Crippen molar-refractivity contribution in [3.8, 4) is 5.88 Å². The van der Waals surface area contributed by atoms with Gasteiger partial charge in [0.1, 0.15) is 5.69 Å². The molecule has 0 aromatic carbocycles. The molecule has 0 fully saturated rings. The van der Waals surface area contributed by atoms with Crippen LogP contribution in [0.1, 0.15) is 19.8 Å². The third-order valence-electron chi connectivity index (χ3n) is 2.12. The zero-order chi connectivity index (χ0) is 14.3. The Balaban J connectivity index is 2.69. The number of carboxylic acids is 1. The van der Waals surface area contributed by atoms with Crippen molar-refractivity contribution in [3.63, 3.8) is 0 Å². The van der Waals surface area contributed by atoms with Crippen LogP contribution in [0.5, 0.6) is 5.88 Å². The number of hydrogen-bond donors (Lipinski definition) is 2. The maximum absolute atomic E-state index is 11.8. The van der Waals surface area contributed by atoms with Crippen molar-refractivity contribution in [2.75, 3.05) is 17.1 Å². The predicted octanol–water partition coefficient (Wildman–Crippen LogP) is 1.09. The van der Waals surface area contributed by atoms with E-state index in [0.29, 0.717) is 6.61 Å². The van der Waals surface area contributed by atoms with Gasteiger partial charge < -0.3 is 9.84 Å². The largest absolute Gasteiger partial charge is 0.481 e. The Bertz CT molecular complexity index is 530. The van der Waals surface area contributed by atoms with Gasteiger partial charge in [0.25, 0.3) is 0 Å². The molecular formula is C11H16N2O5S. The highest BCUT2D eigenvalue weighted by atomic mass is 32.2. The van der Waals surface area contributed by atoms with Crippen LogP contribution in [0.25, 0.3) is 0 Å². The summed E-state index contributed by atoms with van der Waals surface area (Å²) in [4.78, 5) is 14.3. The lowest BCUT2D eigenvalue weighted by atomic mass is 10.3. The van der Waals surface area contributed by atoms with Crippen LogP contribution in [0.3, 0.4) is 0 Å². The molecule has 0 unspecified atom stereocenters. The van der Waals surface area contributed by atoms with Gasteiger partial charge in [-0.15, -0.1) is 0 Å². The quantitative estimate of drug-likeness (QED) is 0.741. The molecule has 1 aromatic heterocycles. The lowest BCUT2D eigenvalue weighted by Gasteiger charge is -2.11. The van der Waals surface area contributed by atoms with Crippen LogP contribution in [0.2, 0.25) is 0 Å². The zero-order valence-corrected chi connectivity index (χ0v) is 11.3. The smallest absolute Gasteiger partial charge is 0.303 e. The molecule has 0 bridgehead atoms. The van der Waals surface area contributed by atoms with Gasteiger partial charge in [0.15, 0.2) is 0 Å². The minimum atomic E-state index is -3.60. The predicted molar refractivity (Wildman–Crippen MR) is 69.7 cm³/mol. The second-order valence-electron chi connectivity index (χ2n) is 3.71. The summed E-state index contributed by atoms with van der Waals surface area (Å²) < 4.78 is 31.0. The molecule has 2 N–H and O–H groups in total. The lowest BCUT2D eigenvalue weighted by Crippen LogP contribution is -2.18. The molecule has 1 heterocycles. The van der Waals surface area contributed by atoms with Gasteiger partial charge in [-0.2, -0.15) is 0 Å². The molecule has 1 aromatic rings. The molecule has 0 spiro atoms. The van der Waals surface area contributed by atoms with Gasteiger partial charge in [0, 0.05) is 12.6 Å². The first-order valence-electron chi connectivity index (χ1n) is 5.74. The third-order valence-corrected chi connectivity index (χ3v) is 3.48. The Labute approximate surface area is 111 Å². The SMILES string of the molecule is CCOc1ncccc1NS(=O)(=O)CCCC(=O)O. The minimum absolute atomic E-state index is 0.0505. The maximum atomic E-state index is 11.8. The highest BCUT2D eigenvalue weighted by molar-refractivity contribution is 7.92. The summed E-state index contributed by atoms with van der Waals surface area (Å²) in [6.45, 7) is 2.13. The molecule has 1 rings (SSSR count). The highest BCUT2D eigenvalue weighted by Gasteiger charge is 2.14. The van der Waals surface area contributed by atoms with Gasteiger partial charge in [-0.1, -0.05) is 0 Å². The number of ether oxygens (including phenoxy) is 1. The Morgan fingerprint density at radius 3 is 2.89 bits per heavy atom. The number of carbonyl (C=O) groups is 1. The number of carboxylic acid groups (broad SMARTS) is 1. The third kappa shape index (κ3) is 5.56. The summed E-state index contributed by atoms with van der Waals surface area (Å²) in [7, 11) is -3.60. The van der Waals surface area contributed by atoms with E-state index in [-0.39, 0.29) is 30.2 Å². The topological polar surface area (TPSA) is 106 Å². The fraction of sp³-hybridized carbons (Fsp3) is 0.455. The van der Waals surface area contributed by atoms with Gasteiger partial charge in [0.2, 0.25) is 15.9 Å². The Kier molecular flexibility index (Phi) is 5.56. The van der Waals surface area contributed by atoms with Crippen LogP contribution in [0.15, 0.2) is 18.3 Å². The zero-order valence-electron chi connectivity index (χ0n) is 10.5. The molecule has 0 radical (unpaired) electrons. The molecule has 0 atom stereocenters. The number of sulfonamides is 1. The number of anilines is 1. The molecule has 7 nitrogen and oxygen atoms in total. The number of pyridine rings is 1. The Hall–Kier alpha value is -1.83. The maximum Gasteiger partial charge on any atom is 0.303 e. The molecule has 106 valence electrons. The molecule has 0 saturated heterocycles. The van der Waals surface area contributed by atoms with Crippen molar-refractivity contribution in [3.05, 3.63) is 18.3 Å². The number of nitrogens with one attached hydrogen (secondary N) is 1. The van der Waals surface area contributed by atoms with E-state index < -0.39 is 16.0 Å². The number of aromatic nitrogens is 1. The monoisotopic (exact) mass is 288 g/mol. The van der Waals surface area contributed by atoms with Crippen molar-refractivity contribution in [2.24, 2.45) is 0 Å². The Morgan fingerprint density at radius 1 is 1.53 bits per heavy atom. The van der Waals surface area contributed by atoms with Gasteiger partial charge in [-0.05, 0) is 25.5 Å². The highest BCUT2D eigenvalue weighted by Crippen LogP contribution is 2.21. The molecule has 19 heavy (non-hydrogen) atoms. The molecule has 0 saturated carbocycles. The first kappa shape index (κ1) is 15.2. The van der Waals surface area contributed by atoms with Crippen molar-refractivity contribution < 1.29 is 23.1 Å². The van der Waals surface area contributed by atoms with Gasteiger partial charge >= 0.3 is 5.97 Å². The van der Waals surface area contributed by atoms with Crippen molar-refractivity contribution in [1.29, 1.82) is 0 Å². The number of nitrogens with zero attached hydrogens (tertiary/aromatic N) is 1. The van der Waals surface area contributed by atoms with E-state index >= 15 is 0 Å². The second kappa shape index (κ2) is 6.93. The summed E-state index contributed by atoms with van der Waals surface area (Å²) in [6, 6.07) is 3.12. The van der Waals surface area contributed by atoms with Crippen LogP contribution in [-0.2, 0) is 14.8 Å². The van der Waals surface area contributed by atoms with E-state index in [2.05, 4.69) is 9.71 Å². The van der Waals surface area contributed by atoms with Crippen molar-refractivity contribution >= 4 is 21.7 Å². The van der Waals surface area contributed by atoms with E-state index in [4.69, 9.17) is 9.84 Å². The normalized spacial score (nSPS) is 11.0. The van der Waals surface area contributed by atoms with E-state index in [1.807, 2.05) is 0 Å². The number of hydrogen-bond acceptors (Lipinski definition) is 5. The first-order chi connectivity index (χ1) is 8.94. The second-order valence-corrected chi connectivity index (χ2v) is 5.55. The van der Waals surface area contributed by atoms with Gasteiger partial charge in [-0.3, -0.25) is 9.52 Å². The summed E-state index contributed by atoms with van der Waals surface area (Å²) in [5.74, 6) is -1.09. The van der Waals surface area contributed by atoms with Crippen LogP contribution < -0.4 is 9.46 Å². The van der Waals surface area contributed by atoms with E-state index in [1.165, 1.54) is 12.3 Å². The van der Waals surface area contributed by atoms with Crippen LogP contribution in [-0.4, -0.2) is 36.8 Å². The standard InChI is InChI=1S/C11H16N2O5S/c1-2-18-11-9(5-3-7-12-11)13-19(16,17)8-4-6-10(14)15/h3,5,7,13H,2,4,6,8H2,1H3,(H,14,15). The number of aliphatic carboxylic acids is 1. The van der Waals surface area contributed by atoms with E-state index in [1.54, 1.807) is 13.0 Å². The van der Waals surface area contributed by atoms with E-state index in [0.717, 1.165) is 0 Å². The fourth-order valence-corrected chi connectivity index (χ4v) is 2.47. The summed E-state index contributed by atoms with van der Waals surface area (Å²) in [6.07, 6.45) is 1.36.